The van der Waals surface area contributed by atoms with Crippen LogP contribution >= 0.6 is 0 Å². The van der Waals surface area contributed by atoms with Crippen molar-refractivity contribution in [1.82, 2.24) is 4.90 Å². The van der Waals surface area contributed by atoms with E-state index in [2.05, 4.69) is 47.6 Å². The molecule has 0 heterocycles. The maximum atomic E-state index is 12.8. The van der Waals surface area contributed by atoms with E-state index in [1.807, 2.05) is 23.1 Å². The summed E-state index contributed by atoms with van der Waals surface area (Å²) in [6.45, 7) is 12.6. The first-order valence-corrected chi connectivity index (χ1v) is 7.31. The summed E-state index contributed by atoms with van der Waals surface area (Å²) in [6.07, 6.45) is 1.05. The third-order valence-electron chi connectivity index (χ3n) is 3.68. The Morgan fingerprint density at radius 3 is 2.05 bits per heavy atom. The van der Waals surface area contributed by atoms with E-state index in [0.29, 0.717) is 5.92 Å². The number of rotatable bonds is 5. The number of benzene rings is 1. The van der Waals surface area contributed by atoms with Gasteiger partial charge in [0.05, 0.1) is 0 Å². The summed E-state index contributed by atoms with van der Waals surface area (Å²) >= 11 is 0. The van der Waals surface area contributed by atoms with Crippen LogP contribution in [0.25, 0.3) is 0 Å². The van der Waals surface area contributed by atoms with Crippen LogP contribution in [0.2, 0.25) is 0 Å². The normalized spacial score (nSPS) is 12.8. The van der Waals surface area contributed by atoms with Crippen molar-refractivity contribution < 1.29 is 4.79 Å². The third-order valence-corrected chi connectivity index (χ3v) is 3.68. The van der Waals surface area contributed by atoms with E-state index in [1.54, 1.807) is 0 Å². The summed E-state index contributed by atoms with van der Waals surface area (Å²) in [4.78, 5) is 14.8. The highest BCUT2D eigenvalue weighted by atomic mass is 16.2. The van der Waals surface area contributed by atoms with Crippen LogP contribution in [0.15, 0.2) is 24.3 Å². The van der Waals surface area contributed by atoms with E-state index in [9.17, 15) is 4.79 Å². The maximum absolute atomic E-state index is 12.8. The zero-order chi connectivity index (χ0) is 14.6. The standard InChI is InChI=1S/C17H27NO/c1-7-14(6)15-10-8-9-11-16(15)17(19)18(12(2)3)13(4)5/h8-14H,7H2,1-6H3/t14-/m1/s1. The van der Waals surface area contributed by atoms with Crippen LogP contribution in [0.3, 0.4) is 0 Å². The van der Waals surface area contributed by atoms with Crippen LogP contribution in [0, 0.1) is 0 Å². The molecule has 2 nitrogen and oxygen atoms in total. The van der Waals surface area contributed by atoms with Crippen molar-refractivity contribution in [2.45, 2.75) is 66.0 Å². The summed E-state index contributed by atoms with van der Waals surface area (Å²) in [5, 5.41) is 0. The van der Waals surface area contributed by atoms with Crippen LogP contribution in [0.5, 0.6) is 0 Å². The van der Waals surface area contributed by atoms with E-state index in [1.165, 1.54) is 5.56 Å². The third kappa shape index (κ3) is 3.59. The van der Waals surface area contributed by atoms with E-state index in [4.69, 9.17) is 0 Å². The predicted molar refractivity (Wildman–Crippen MR) is 81.6 cm³/mol. The van der Waals surface area contributed by atoms with Crippen molar-refractivity contribution in [2.24, 2.45) is 0 Å². The smallest absolute Gasteiger partial charge is 0.254 e. The van der Waals surface area contributed by atoms with Crippen molar-refractivity contribution in [1.29, 1.82) is 0 Å². The molecule has 1 aromatic carbocycles. The van der Waals surface area contributed by atoms with Crippen molar-refractivity contribution in [3.63, 3.8) is 0 Å². The molecular formula is C17H27NO. The molecule has 2 heteroatoms. The molecule has 1 atom stereocenters. The second kappa shape index (κ2) is 6.74. The molecule has 0 unspecified atom stereocenters. The molecule has 0 saturated heterocycles. The molecule has 0 saturated carbocycles. The predicted octanol–water partition coefficient (Wildman–Crippen LogP) is 4.46. The number of amides is 1. The molecule has 0 bridgehead atoms. The molecule has 0 aromatic heterocycles. The summed E-state index contributed by atoms with van der Waals surface area (Å²) in [6, 6.07) is 8.46. The van der Waals surface area contributed by atoms with Gasteiger partial charge in [-0.25, -0.2) is 0 Å². The van der Waals surface area contributed by atoms with Gasteiger partial charge in [-0.05, 0) is 51.7 Å². The number of carbonyl (C=O) groups excluding carboxylic acids is 1. The first-order valence-electron chi connectivity index (χ1n) is 7.31. The molecule has 19 heavy (non-hydrogen) atoms. The van der Waals surface area contributed by atoms with Gasteiger partial charge in [-0.15, -0.1) is 0 Å². The SMILES string of the molecule is CC[C@@H](C)c1ccccc1C(=O)N(C(C)C)C(C)C. The summed E-state index contributed by atoms with van der Waals surface area (Å²) < 4.78 is 0. The van der Waals surface area contributed by atoms with Crippen molar-refractivity contribution in [2.75, 3.05) is 0 Å². The molecule has 0 aliphatic carbocycles. The number of nitrogens with zero attached hydrogens (tertiary/aromatic N) is 1. The van der Waals surface area contributed by atoms with Gasteiger partial charge >= 0.3 is 0 Å². The molecule has 0 N–H and O–H groups in total. The number of hydrogen-bond donors (Lipinski definition) is 0. The molecule has 1 aromatic rings. The fourth-order valence-corrected chi connectivity index (χ4v) is 2.55. The van der Waals surface area contributed by atoms with Crippen molar-refractivity contribution >= 4 is 5.91 Å². The van der Waals surface area contributed by atoms with Gasteiger partial charge in [-0.2, -0.15) is 0 Å². The summed E-state index contributed by atoms with van der Waals surface area (Å²) in [7, 11) is 0. The van der Waals surface area contributed by atoms with Gasteiger partial charge in [0.1, 0.15) is 0 Å². The van der Waals surface area contributed by atoms with E-state index in [0.717, 1.165) is 12.0 Å². The monoisotopic (exact) mass is 261 g/mol. The average molecular weight is 261 g/mol. The molecule has 0 aliphatic heterocycles. The zero-order valence-electron chi connectivity index (χ0n) is 13.1. The first-order chi connectivity index (χ1) is 8.90. The minimum Gasteiger partial charge on any atom is -0.334 e. The number of carbonyl (C=O) groups is 1. The fourth-order valence-electron chi connectivity index (χ4n) is 2.55. The van der Waals surface area contributed by atoms with Gasteiger partial charge in [0.15, 0.2) is 0 Å². The van der Waals surface area contributed by atoms with Gasteiger partial charge in [-0.3, -0.25) is 4.79 Å². The molecular weight excluding hydrogens is 234 g/mol. The number of hydrogen-bond acceptors (Lipinski definition) is 1. The second-order valence-electron chi connectivity index (χ2n) is 5.80. The minimum atomic E-state index is 0.154. The maximum Gasteiger partial charge on any atom is 0.254 e. The summed E-state index contributed by atoms with van der Waals surface area (Å²) in [5.41, 5.74) is 2.03. The highest BCUT2D eigenvalue weighted by molar-refractivity contribution is 5.96. The molecule has 0 fully saturated rings. The molecule has 0 aliphatic rings. The van der Waals surface area contributed by atoms with Crippen LogP contribution in [-0.2, 0) is 0 Å². The average Bonchev–Trinajstić information content (AvgIpc) is 2.36. The lowest BCUT2D eigenvalue weighted by molar-refractivity contribution is 0.0642. The lowest BCUT2D eigenvalue weighted by Crippen LogP contribution is -2.42. The second-order valence-corrected chi connectivity index (χ2v) is 5.80. The van der Waals surface area contributed by atoms with Crippen molar-refractivity contribution in [3.8, 4) is 0 Å². The van der Waals surface area contributed by atoms with Gasteiger partial charge in [0.25, 0.3) is 5.91 Å². The highest BCUT2D eigenvalue weighted by Crippen LogP contribution is 2.24. The quantitative estimate of drug-likeness (QED) is 0.766. The first kappa shape index (κ1) is 15.7. The largest absolute Gasteiger partial charge is 0.334 e. The Labute approximate surface area is 117 Å². The highest BCUT2D eigenvalue weighted by Gasteiger charge is 2.24. The lowest BCUT2D eigenvalue weighted by Gasteiger charge is -2.32. The molecule has 1 amide bonds. The Bertz CT molecular complexity index is 415. The molecule has 106 valence electrons. The van der Waals surface area contributed by atoms with Gasteiger partial charge in [0.2, 0.25) is 0 Å². The van der Waals surface area contributed by atoms with Crippen LogP contribution < -0.4 is 0 Å². The van der Waals surface area contributed by atoms with Crippen LogP contribution in [0.1, 0.15) is 69.8 Å². The topological polar surface area (TPSA) is 20.3 Å². The van der Waals surface area contributed by atoms with E-state index < -0.39 is 0 Å². The van der Waals surface area contributed by atoms with Crippen molar-refractivity contribution in [3.05, 3.63) is 35.4 Å². The van der Waals surface area contributed by atoms with Gasteiger partial charge < -0.3 is 4.90 Å². The molecule has 0 radical (unpaired) electrons. The van der Waals surface area contributed by atoms with Gasteiger partial charge in [-0.1, -0.05) is 32.0 Å². The Kier molecular flexibility index (Phi) is 5.59. The minimum absolute atomic E-state index is 0.154. The Hall–Kier alpha value is -1.31. The Morgan fingerprint density at radius 1 is 1.05 bits per heavy atom. The fraction of sp³-hybridized carbons (Fsp3) is 0.588. The van der Waals surface area contributed by atoms with Gasteiger partial charge in [0, 0.05) is 17.6 Å². The Morgan fingerprint density at radius 2 is 1.58 bits per heavy atom. The van der Waals surface area contributed by atoms with E-state index >= 15 is 0 Å². The van der Waals surface area contributed by atoms with E-state index in [-0.39, 0.29) is 18.0 Å². The lowest BCUT2D eigenvalue weighted by atomic mass is 9.92. The zero-order valence-corrected chi connectivity index (χ0v) is 13.1. The summed E-state index contributed by atoms with van der Waals surface area (Å²) in [5.74, 6) is 0.572. The van der Waals surface area contributed by atoms with Crippen LogP contribution in [0.4, 0.5) is 0 Å². The van der Waals surface area contributed by atoms with Crippen LogP contribution in [-0.4, -0.2) is 22.9 Å². The Balaban J connectivity index is 3.18. The molecule has 1 rings (SSSR count). The molecule has 0 spiro atoms.